The summed E-state index contributed by atoms with van der Waals surface area (Å²) < 4.78 is 20.4. The minimum absolute atomic E-state index is 0.135. The maximum absolute atomic E-state index is 10.8. The van der Waals surface area contributed by atoms with Crippen LogP contribution in [0.3, 0.4) is 0 Å². The summed E-state index contributed by atoms with van der Waals surface area (Å²) in [6, 6.07) is 9.38. The molecule has 0 radical (unpaired) electrons. The highest BCUT2D eigenvalue weighted by Crippen LogP contribution is 2.50. The van der Waals surface area contributed by atoms with Crippen molar-refractivity contribution in [3.05, 3.63) is 75.8 Å². The first-order valence-electron chi connectivity index (χ1n) is 11.9. The number of nitrogens with two attached hydrogens (primary N) is 1. The minimum atomic E-state index is -1.09. The molecule has 4 atom stereocenters. The Morgan fingerprint density at radius 1 is 1.26 bits per heavy atom. The van der Waals surface area contributed by atoms with Gasteiger partial charge in [-0.05, 0) is 48.6 Å². The van der Waals surface area contributed by atoms with Crippen LogP contribution in [0.4, 0.5) is 0 Å². The fraction of sp³-hybridized carbons (Fsp3) is 0.385. The lowest BCUT2D eigenvalue weighted by Crippen LogP contribution is -2.44. The molecule has 0 saturated heterocycles. The van der Waals surface area contributed by atoms with Gasteiger partial charge in [0.25, 0.3) is 0 Å². The molecular weight excluding hydrogens is 533 g/mol. The molecule has 3 N–H and O–H groups in total. The molecule has 2 heterocycles. The number of ether oxygens (including phenoxy) is 3. The number of allylic oxidation sites excluding steroid dienone is 2. The number of benzene rings is 1. The Morgan fingerprint density at radius 2 is 2.05 bits per heavy atom. The molecule has 2 aliphatic rings. The van der Waals surface area contributed by atoms with E-state index >= 15 is 0 Å². The third kappa shape index (κ3) is 5.49. The van der Waals surface area contributed by atoms with Crippen LogP contribution >= 0.6 is 23.2 Å². The van der Waals surface area contributed by atoms with Crippen molar-refractivity contribution in [2.24, 2.45) is 27.1 Å². The monoisotopic (exact) mass is 561 g/mol. The number of methoxy groups -OCH3 is 2. The highest BCUT2D eigenvalue weighted by atomic mass is 35.5. The molecule has 202 valence electrons. The van der Waals surface area contributed by atoms with Crippen LogP contribution in [0.25, 0.3) is 5.69 Å². The average Bonchev–Trinajstić information content (AvgIpc) is 3.23. The van der Waals surface area contributed by atoms with Crippen molar-refractivity contribution in [1.29, 1.82) is 0 Å². The standard InChI is InChI=1S/C26H29Cl2N5O5/c1-26(16-5-4-6-21(36-2)25(16)37-3)17-13-15(27)7-8-18(17)33-19(9-10-22(33)28)20(38-26)11-12-30-32-31-23(29)14-24(34)35/h4-10,13,16,20,25H,11-12,14H2,1-3H3,(H,34,35)(H2,29,30,31). The van der Waals surface area contributed by atoms with Crippen LogP contribution in [0.2, 0.25) is 10.2 Å². The van der Waals surface area contributed by atoms with Crippen molar-refractivity contribution in [3.8, 4) is 5.69 Å². The van der Waals surface area contributed by atoms with Gasteiger partial charge < -0.3 is 29.6 Å². The second-order valence-corrected chi connectivity index (χ2v) is 9.86. The first-order chi connectivity index (χ1) is 18.2. The maximum atomic E-state index is 10.8. The van der Waals surface area contributed by atoms with E-state index in [4.69, 9.17) is 48.3 Å². The fourth-order valence-electron chi connectivity index (χ4n) is 4.98. The number of nitrogens with zero attached hydrogens (tertiary/aromatic N) is 4. The molecule has 1 aliphatic heterocycles. The van der Waals surface area contributed by atoms with Gasteiger partial charge in [0.05, 0.1) is 25.0 Å². The first-order valence-corrected chi connectivity index (χ1v) is 12.7. The topological polar surface area (TPSA) is 133 Å². The normalized spacial score (nSPS) is 25.0. The van der Waals surface area contributed by atoms with Crippen LogP contribution in [-0.4, -0.2) is 48.3 Å². The minimum Gasteiger partial charge on any atom is -0.498 e. The van der Waals surface area contributed by atoms with Gasteiger partial charge in [0, 0.05) is 30.0 Å². The summed E-state index contributed by atoms with van der Waals surface area (Å²) >= 11 is 13.2. The van der Waals surface area contributed by atoms with E-state index in [0.29, 0.717) is 22.4 Å². The van der Waals surface area contributed by atoms with Crippen molar-refractivity contribution in [2.75, 3.05) is 20.8 Å². The predicted molar refractivity (Wildman–Crippen MR) is 144 cm³/mol. The molecule has 4 unspecified atom stereocenters. The van der Waals surface area contributed by atoms with Crippen molar-refractivity contribution in [3.63, 3.8) is 0 Å². The molecule has 0 bridgehead atoms. The molecule has 38 heavy (non-hydrogen) atoms. The van der Waals surface area contributed by atoms with E-state index in [9.17, 15) is 4.79 Å². The quantitative estimate of drug-likeness (QED) is 0.182. The van der Waals surface area contributed by atoms with Gasteiger partial charge in [-0.15, -0.1) is 5.10 Å². The molecule has 0 spiro atoms. The molecule has 1 aromatic heterocycles. The summed E-state index contributed by atoms with van der Waals surface area (Å²) in [5.74, 6) is -0.832. The van der Waals surface area contributed by atoms with E-state index in [1.807, 2.05) is 60.1 Å². The summed E-state index contributed by atoms with van der Waals surface area (Å²) in [7, 11) is 3.25. The zero-order chi connectivity index (χ0) is 27.4. The molecule has 12 heteroatoms. The molecule has 1 aliphatic carbocycles. The second-order valence-electron chi connectivity index (χ2n) is 9.04. The van der Waals surface area contributed by atoms with Gasteiger partial charge in [0.2, 0.25) is 0 Å². The third-order valence-electron chi connectivity index (χ3n) is 6.69. The number of aromatic nitrogens is 1. The molecule has 2 aromatic rings. The van der Waals surface area contributed by atoms with Gasteiger partial charge in [0.15, 0.2) is 0 Å². The Labute approximate surface area is 230 Å². The molecule has 0 amide bonds. The lowest BCUT2D eigenvalue weighted by atomic mass is 9.76. The summed E-state index contributed by atoms with van der Waals surface area (Å²) in [5, 5.41) is 21.3. The van der Waals surface area contributed by atoms with Gasteiger partial charge in [-0.1, -0.05) is 35.4 Å². The van der Waals surface area contributed by atoms with E-state index in [1.165, 1.54) is 0 Å². The van der Waals surface area contributed by atoms with E-state index < -0.39 is 30.2 Å². The number of rotatable bonds is 9. The highest BCUT2D eigenvalue weighted by Gasteiger charge is 2.48. The molecular formula is C26H29Cl2N5O5. The van der Waals surface area contributed by atoms with Gasteiger partial charge >= 0.3 is 5.97 Å². The summed E-state index contributed by atoms with van der Waals surface area (Å²) in [6.45, 7) is 2.25. The van der Waals surface area contributed by atoms with Gasteiger partial charge in [-0.2, -0.15) is 5.11 Å². The Kier molecular flexibility index (Phi) is 8.57. The van der Waals surface area contributed by atoms with Gasteiger partial charge in [-0.3, -0.25) is 4.79 Å². The van der Waals surface area contributed by atoms with Crippen molar-refractivity contribution < 1.29 is 24.1 Å². The maximum Gasteiger partial charge on any atom is 0.311 e. The van der Waals surface area contributed by atoms with Crippen LogP contribution in [0.15, 0.2) is 69.8 Å². The van der Waals surface area contributed by atoms with Gasteiger partial charge in [0.1, 0.15) is 41.0 Å². The number of hydrogen-bond donors (Lipinski definition) is 2. The number of carboxylic acids is 1. The number of amidine groups is 1. The van der Waals surface area contributed by atoms with Crippen LogP contribution in [0, 0.1) is 5.92 Å². The van der Waals surface area contributed by atoms with Crippen LogP contribution < -0.4 is 5.73 Å². The molecule has 0 fully saturated rings. The number of carboxylic acid groups (broad SMARTS) is 1. The fourth-order valence-corrected chi connectivity index (χ4v) is 5.40. The van der Waals surface area contributed by atoms with Crippen LogP contribution in [0.5, 0.6) is 0 Å². The van der Waals surface area contributed by atoms with Crippen LogP contribution in [-0.2, 0) is 24.6 Å². The summed E-state index contributed by atoms with van der Waals surface area (Å²) in [6.07, 6.45) is 4.99. The number of aliphatic carboxylic acids is 1. The lowest BCUT2D eigenvalue weighted by Gasteiger charge is -2.42. The molecule has 0 saturated carbocycles. The van der Waals surface area contributed by atoms with E-state index in [1.54, 1.807) is 14.2 Å². The Balaban J connectivity index is 1.74. The van der Waals surface area contributed by atoms with Crippen molar-refractivity contribution in [1.82, 2.24) is 4.57 Å². The second kappa shape index (κ2) is 11.7. The lowest BCUT2D eigenvalue weighted by molar-refractivity contribution is -0.143. The summed E-state index contributed by atoms with van der Waals surface area (Å²) in [4.78, 5) is 10.8. The highest BCUT2D eigenvalue weighted by molar-refractivity contribution is 6.31. The van der Waals surface area contributed by atoms with Gasteiger partial charge in [-0.25, -0.2) is 0 Å². The first kappa shape index (κ1) is 27.8. The number of carbonyl (C=O) groups is 1. The third-order valence-corrected chi connectivity index (χ3v) is 7.22. The SMILES string of the molecule is COC1=CC=CC(C2(C)OC(CCN=N/N=C(\N)CC(=O)O)c3ccc(Cl)n3-c3ccc(Cl)cc32)C1OC. The van der Waals surface area contributed by atoms with E-state index in [2.05, 4.69) is 15.4 Å². The van der Waals surface area contributed by atoms with E-state index in [0.717, 1.165) is 16.9 Å². The number of halogens is 2. The zero-order valence-electron chi connectivity index (χ0n) is 21.2. The van der Waals surface area contributed by atoms with Crippen LogP contribution in [0.1, 0.15) is 37.1 Å². The molecule has 10 nitrogen and oxygen atoms in total. The Bertz CT molecular complexity index is 1320. The largest absolute Gasteiger partial charge is 0.498 e. The van der Waals surface area contributed by atoms with Crippen molar-refractivity contribution in [2.45, 2.75) is 37.6 Å². The Morgan fingerprint density at radius 3 is 2.76 bits per heavy atom. The molecule has 4 rings (SSSR count). The van der Waals surface area contributed by atoms with Crippen molar-refractivity contribution >= 4 is 35.0 Å². The smallest absolute Gasteiger partial charge is 0.311 e. The predicted octanol–water partition coefficient (Wildman–Crippen LogP) is 5.39. The average molecular weight is 562 g/mol. The zero-order valence-corrected chi connectivity index (χ0v) is 22.7. The molecule has 1 aromatic carbocycles. The summed E-state index contributed by atoms with van der Waals surface area (Å²) in [5.41, 5.74) is 7.13. The Hall–Kier alpha value is -3.18. The van der Waals surface area contributed by atoms with E-state index in [-0.39, 0.29) is 18.3 Å². The number of hydrogen-bond acceptors (Lipinski definition) is 6. The number of fused-ring (bicyclic) bond motifs is 3.